The van der Waals surface area contributed by atoms with Gasteiger partial charge in [0.15, 0.2) is 17.0 Å². The predicted octanol–water partition coefficient (Wildman–Crippen LogP) is 3.66. The summed E-state index contributed by atoms with van der Waals surface area (Å²) in [5.74, 6) is -1.73. The van der Waals surface area contributed by atoms with Crippen LogP contribution < -0.4 is 10.6 Å². The van der Waals surface area contributed by atoms with Crippen LogP contribution in [0.2, 0.25) is 0 Å². The van der Waals surface area contributed by atoms with Crippen molar-refractivity contribution in [3.8, 4) is 0 Å². The first-order valence-electron chi connectivity index (χ1n) is 11.3. The van der Waals surface area contributed by atoms with Crippen LogP contribution in [0.1, 0.15) is 18.1 Å². The van der Waals surface area contributed by atoms with Gasteiger partial charge < -0.3 is 20.3 Å². The van der Waals surface area contributed by atoms with Crippen LogP contribution in [0, 0.1) is 5.82 Å². The van der Waals surface area contributed by atoms with Gasteiger partial charge in [-0.05, 0) is 43.0 Å². The van der Waals surface area contributed by atoms with E-state index in [1.165, 1.54) is 12.1 Å². The number of anilines is 2. The third kappa shape index (κ3) is 7.88. The van der Waals surface area contributed by atoms with Crippen molar-refractivity contribution in [3.63, 3.8) is 0 Å². The number of aromatic nitrogens is 6. The lowest BCUT2D eigenvalue weighted by atomic mass is 10.1. The first-order valence-corrected chi connectivity index (χ1v) is 11.3. The first-order chi connectivity index (χ1) is 17.6. The number of aliphatic carboxylic acids is 1. The molecule has 14 heteroatoms. The Kier molecular flexibility index (Phi) is 8.98. The number of nitrogens with zero attached hydrogens (tertiary/aromatic N) is 6. The highest BCUT2D eigenvalue weighted by Gasteiger charge is 2.38. The van der Waals surface area contributed by atoms with Crippen LogP contribution in [-0.4, -0.2) is 59.6 Å². The maximum absolute atomic E-state index is 13.1. The molecule has 0 fully saturated rings. The maximum atomic E-state index is 13.1. The van der Waals surface area contributed by atoms with Gasteiger partial charge in [0.25, 0.3) is 0 Å². The van der Waals surface area contributed by atoms with Gasteiger partial charge in [-0.1, -0.05) is 12.1 Å². The Morgan fingerprint density at radius 1 is 1.05 bits per heavy atom. The second-order valence-corrected chi connectivity index (χ2v) is 7.90. The average molecular weight is 523 g/mol. The number of carboxylic acids is 1. The number of hydrogen-bond acceptors (Lipinski definition) is 7. The molecule has 0 aliphatic carbocycles. The van der Waals surface area contributed by atoms with Crippen molar-refractivity contribution >= 4 is 28.9 Å². The van der Waals surface area contributed by atoms with Crippen molar-refractivity contribution in [3.05, 3.63) is 59.9 Å². The minimum atomic E-state index is -5.08. The molecule has 3 aromatic heterocycles. The summed E-state index contributed by atoms with van der Waals surface area (Å²) in [5, 5.41) is 18.0. The molecule has 0 bridgehead atoms. The van der Waals surface area contributed by atoms with Gasteiger partial charge in [0.2, 0.25) is 5.95 Å². The van der Waals surface area contributed by atoms with E-state index in [1.54, 1.807) is 23.1 Å². The highest BCUT2D eigenvalue weighted by molar-refractivity contribution is 5.84. The van der Waals surface area contributed by atoms with Crippen LogP contribution in [0.15, 0.2) is 43.0 Å². The lowest BCUT2D eigenvalue weighted by Crippen LogP contribution is -2.21. The second-order valence-electron chi connectivity index (χ2n) is 7.90. The van der Waals surface area contributed by atoms with E-state index in [2.05, 4.69) is 37.6 Å². The molecule has 3 N–H and O–H groups in total. The molecule has 1 aromatic carbocycles. The van der Waals surface area contributed by atoms with Crippen molar-refractivity contribution in [1.29, 1.82) is 0 Å². The van der Waals surface area contributed by atoms with Gasteiger partial charge in [-0.2, -0.15) is 28.2 Å². The monoisotopic (exact) mass is 522 g/mol. The normalized spacial score (nSPS) is 11.2. The third-order valence-corrected chi connectivity index (χ3v) is 5.12. The number of fused-ring (bicyclic) bond motifs is 1. The predicted molar refractivity (Wildman–Crippen MR) is 129 cm³/mol. The number of imidazole rings is 1. The van der Waals surface area contributed by atoms with E-state index < -0.39 is 12.1 Å². The lowest BCUT2D eigenvalue weighted by molar-refractivity contribution is -0.192. The summed E-state index contributed by atoms with van der Waals surface area (Å²) in [4.78, 5) is 22.7. The van der Waals surface area contributed by atoms with Gasteiger partial charge in [0.05, 0.1) is 12.5 Å². The number of carboxylic acid groups (broad SMARTS) is 1. The molecule has 0 aliphatic rings. The molecule has 198 valence electrons. The summed E-state index contributed by atoms with van der Waals surface area (Å²) in [6.45, 7) is 4.19. The Morgan fingerprint density at radius 2 is 1.70 bits per heavy atom. The molecule has 10 nitrogen and oxygen atoms in total. The molecular weight excluding hydrogens is 496 g/mol. The third-order valence-electron chi connectivity index (χ3n) is 5.12. The van der Waals surface area contributed by atoms with E-state index in [-0.39, 0.29) is 5.82 Å². The van der Waals surface area contributed by atoms with Gasteiger partial charge in [0.1, 0.15) is 5.82 Å². The van der Waals surface area contributed by atoms with E-state index in [4.69, 9.17) is 9.90 Å². The summed E-state index contributed by atoms with van der Waals surface area (Å²) in [6.07, 6.45) is 2.14. The molecule has 0 aliphatic heterocycles. The quantitative estimate of drug-likeness (QED) is 0.285. The fourth-order valence-electron chi connectivity index (χ4n) is 3.27. The largest absolute Gasteiger partial charge is 0.490 e. The minimum absolute atomic E-state index is 0.226. The molecule has 0 amide bonds. The average Bonchev–Trinajstić information content (AvgIpc) is 3.46. The van der Waals surface area contributed by atoms with E-state index in [0.717, 1.165) is 41.7 Å². The van der Waals surface area contributed by atoms with Crippen molar-refractivity contribution in [1.82, 2.24) is 29.3 Å². The number of hydrogen-bond donors (Lipinski definition) is 3. The smallest absolute Gasteiger partial charge is 0.475 e. The summed E-state index contributed by atoms with van der Waals surface area (Å²) >= 11 is 0. The number of carbonyl (C=O) groups is 1. The fraction of sp³-hybridized carbons (Fsp3) is 0.348. The van der Waals surface area contributed by atoms with E-state index in [0.29, 0.717) is 24.9 Å². The van der Waals surface area contributed by atoms with E-state index in [9.17, 15) is 17.6 Å². The number of halogens is 4. The van der Waals surface area contributed by atoms with Crippen LogP contribution in [0.4, 0.5) is 29.3 Å². The van der Waals surface area contributed by atoms with Crippen LogP contribution in [0.25, 0.3) is 11.2 Å². The van der Waals surface area contributed by atoms with Crippen molar-refractivity contribution in [2.45, 2.75) is 32.5 Å². The van der Waals surface area contributed by atoms with Crippen LogP contribution >= 0.6 is 0 Å². The molecule has 0 radical (unpaired) electrons. The maximum Gasteiger partial charge on any atom is 0.490 e. The molecule has 0 spiro atoms. The molecule has 4 aromatic rings. The number of alkyl halides is 3. The molecule has 4 rings (SSSR count). The number of aryl methyl sites for hydroxylation is 2. The zero-order valence-corrected chi connectivity index (χ0v) is 20.1. The van der Waals surface area contributed by atoms with Crippen LogP contribution in [0.3, 0.4) is 0 Å². The van der Waals surface area contributed by atoms with Crippen LogP contribution in [0.5, 0.6) is 0 Å². The molecule has 0 saturated heterocycles. The Hall–Kier alpha value is -4.23. The number of benzene rings is 1. The molecule has 0 unspecified atom stereocenters. The zero-order chi connectivity index (χ0) is 27.0. The lowest BCUT2D eigenvalue weighted by Gasteiger charge is -2.10. The highest BCUT2D eigenvalue weighted by atomic mass is 19.4. The topological polar surface area (TPSA) is 123 Å². The Balaban J connectivity index is 0.000000479. The molecule has 3 heterocycles. The number of nitrogens with one attached hydrogen (secondary N) is 2. The second kappa shape index (κ2) is 12.1. The summed E-state index contributed by atoms with van der Waals surface area (Å²) < 4.78 is 48.6. The standard InChI is InChI=1S/C21H25FN8.C2HF3O2/c1-3-30-14-25-18-19(23-10-8-15-4-6-17(22)7-5-15)27-21(28-20(18)30)24-11-9-16-12-26-29(2)13-16;3-2(4,5)1(6)7/h4-7,12-14H,3,8-11H2,1-2H3,(H2,23,24,27,28);(H,6,7). The van der Waals surface area contributed by atoms with Gasteiger partial charge in [-0.3, -0.25) is 4.68 Å². The van der Waals surface area contributed by atoms with Gasteiger partial charge in [-0.15, -0.1) is 0 Å². The summed E-state index contributed by atoms with van der Waals surface area (Å²) in [7, 11) is 1.91. The van der Waals surface area contributed by atoms with Crippen molar-refractivity contribution in [2.75, 3.05) is 23.7 Å². The molecule has 37 heavy (non-hydrogen) atoms. The summed E-state index contributed by atoms with van der Waals surface area (Å²) in [5.41, 5.74) is 3.75. The Labute approximate surface area is 209 Å². The molecular formula is C23H26F4N8O2. The molecule has 0 atom stereocenters. The zero-order valence-electron chi connectivity index (χ0n) is 20.1. The van der Waals surface area contributed by atoms with Gasteiger partial charge in [0, 0.05) is 32.9 Å². The van der Waals surface area contributed by atoms with Crippen molar-refractivity contribution in [2.24, 2.45) is 7.05 Å². The van der Waals surface area contributed by atoms with Crippen LogP contribution in [-0.2, 0) is 31.2 Å². The van der Waals surface area contributed by atoms with Gasteiger partial charge in [-0.25, -0.2) is 14.2 Å². The van der Waals surface area contributed by atoms with Gasteiger partial charge >= 0.3 is 12.1 Å². The summed E-state index contributed by atoms with van der Waals surface area (Å²) in [6, 6.07) is 6.55. The minimum Gasteiger partial charge on any atom is -0.475 e. The van der Waals surface area contributed by atoms with Crippen molar-refractivity contribution < 1.29 is 27.5 Å². The van der Waals surface area contributed by atoms with E-state index in [1.807, 2.05) is 24.0 Å². The number of rotatable bonds is 9. The Bertz CT molecular complexity index is 1320. The SMILES string of the molecule is CCn1cnc2c(NCCc3ccc(F)cc3)nc(NCCc3cnn(C)c3)nc21.O=C(O)C(F)(F)F. The fourth-order valence-corrected chi connectivity index (χ4v) is 3.27. The molecule has 0 saturated carbocycles. The Morgan fingerprint density at radius 3 is 2.30 bits per heavy atom. The highest BCUT2D eigenvalue weighted by Crippen LogP contribution is 2.21. The van der Waals surface area contributed by atoms with E-state index >= 15 is 0 Å². The first kappa shape index (κ1) is 27.4.